The molecule has 1 rings (SSSR count). The summed E-state index contributed by atoms with van der Waals surface area (Å²) in [5.41, 5.74) is 4.12. The Morgan fingerprint density at radius 2 is 1.67 bits per heavy atom. The van der Waals surface area contributed by atoms with Gasteiger partial charge in [0.2, 0.25) is 0 Å². The van der Waals surface area contributed by atoms with Crippen LogP contribution >= 0.6 is 0 Å². The van der Waals surface area contributed by atoms with Gasteiger partial charge in [0.1, 0.15) is 0 Å². The number of hydrogen-bond donors (Lipinski definition) is 1. The van der Waals surface area contributed by atoms with Gasteiger partial charge in [0.15, 0.2) is 0 Å². The second-order valence-electron chi connectivity index (χ2n) is 6.04. The lowest BCUT2D eigenvalue weighted by Gasteiger charge is -2.28. The van der Waals surface area contributed by atoms with Crippen LogP contribution in [0.4, 0.5) is 0 Å². The van der Waals surface area contributed by atoms with Crippen molar-refractivity contribution >= 4 is 0 Å². The highest BCUT2D eigenvalue weighted by Gasteiger charge is 2.21. The molecule has 0 aromatic heterocycles. The van der Waals surface area contributed by atoms with Crippen molar-refractivity contribution in [2.75, 3.05) is 13.2 Å². The predicted molar refractivity (Wildman–Crippen MR) is 92.0 cm³/mol. The lowest BCUT2D eigenvalue weighted by atomic mass is 9.96. The number of nitrogens with one attached hydrogen (secondary N) is 1. The van der Waals surface area contributed by atoms with Gasteiger partial charge in [-0.2, -0.15) is 0 Å². The van der Waals surface area contributed by atoms with E-state index in [1.807, 2.05) is 0 Å². The van der Waals surface area contributed by atoms with Crippen LogP contribution in [0.25, 0.3) is 0 Å². The molecule has 0 radical (unpaired) electrons. The summed E-state index contributed by atoms with van der Waals surface area (Å²) < 4.78 is 6.01. The van der Waals surface area contributed by atoms with Crippen LogP contribution in [0.15, 0.2) is 18.2 Å². The molecule has 0 heterocycles. The van der Waals surface area contributed by atoms with Crippen LogP contribution in [0.2, 0.25) is 0 Å². The normalized spacial score (nSPS) is 14.1. The number of benzene rings is 1. The SMILES string of the molecule is CCCNC(Cc1cc(C)cc(C)c1)C(CCC)OCC. The van der Waals surface area contributed by atoms with Gasteiger partial charge >= 0.3 is 0 Å². The van der Waals surface area contributed by atoms with E-state index in [2.05, 4.69) is 58.1 Å². The third-order valence-corrected chi connectivity index (χ3v) is 3.80. The van der Waals surface area contributed by atoms with Crippen molar-refractivity contribution in [2.24, 2.45) is 0 Å². The van der Waals surface area contributed by atoms with E-state index < -0.39 is 0 Å². The maximum Gasteiger partial charge on any atom is 0.0731 e. The van der Waals surface area contributed by atoms with Gasteiger partial charge in [0, 0.05) is 12.6 Å². The zero-order valence-electron chi connectivity index (χ0n) is 14.5. The summed E-state index contributed by atoms with van der Waals surface area (Å²) >= 11 is 0. The molecule has 2 nitrogen and oxygen atoms in total. The largest absolute Gasteiger partial charge is 0.377 e. The fourth-order valence-electron chi connectivity index (χ4n) is 3.00. The van der Waals surface area contributed by atoms with Crippen molar-refractivity contribution < 1.29 is 4.74 Å². The van der Waals surface area contributed by atoms with Gasteiger partial charge in [0.25, 0.3) is 0 Å². The van der Waals surface area contributed by atoms with E-state index in [-0.39, 0.29) is 0 Å². The van der Waals surface area contributed by atoms with E-state index in [4.69, 9.17) is 4.74 Å². The number of aryl methyl sites for hydroxylation is 2. The van der Waals surface area contributed by atoms with Crippen LogP contribution in [0, 0.1) is 13.8 Å². The van der Waals surface area contributed by atoms with Crippen LogP contribution < -0.4 is 5.32 Å². The Morgan fingerprint density at radius 1 is 1.00 bits per heavy atom. The molecule has 2 heteroatoms. The third kappa shape index (κ3) is 6.62. The Kier molecular flexibility index (Phi) is 8.63. The highest BCUT2D eigenvalue weighted by atomic mass is 16.5. The molecule has 1 aromatic carbocycles. The molecule has 0 aliphatic carbocycles. The Bertz CT molecular complexity index is 376. The molecule has 0 amide bonds. The number of rotatable bonds is 10. The molecule has 0 bridgehead atoms. The van der Waals surface area contributed by atoms with E-state index >= 15 is 0 Å². The van der Waals surface area contributed by atoms with Crippen molar-refractivity contribution in [3.63, 3.8) is 0 Å². The summed E-state index contributed by atoms with van der Waals surface area (Å²) in [5.74, 6) is 0. The molecule has 1 aromatic rings. The molecule has 0 fully saturated rings. The molecule has 0 saturated carbocycles. The molecular weight excluding hydrogens is 258 g/mol. The van der Waals surface area contributed by atoms with Crippen LogP contribution in [0.5, 0.6) is 0 Å². The minimum atomic E-state index is 0.312. The first-order valence-corrected chi connectivity index (χ1v) is 8.52. The molecule has 0 aliphatic rings. The smallest absolute Gasteiger partial charge is 0.0731 e. The van der Waals surface area contributed by atoms with Crippen LogP contribution in [-0.4, -0.2) is 25.3 Å². The molecule has 2 atom stereocenters. The zero-order chi connectivity index (χ0) is 15.7. The quantitative estimate of drug-likeness (QED) is 0.689. The standard InChI is InChI=1S/C19H33NO/c1-6-9-19(21-8-3)18(20-10-7-2)14-17-12-15(4)11-16(5)13-17/h11-13,18-20H,6-10,14H2,1-5H3. The Hall–Kier alpha value is -0.860. The van der Waals surface area contributed by atoms with E-state index in [0.29, 0.717) is 12.1 Å². The molecular formula is C19H33NO. The van der Waals surface area contributed by atoms with Crippen molar-refractivity contribution in [3.8, 4) is 0 Å². The fourth-order valence-corrected chi connectivity index (χ4v) is 3.00. The minimum absolute atomic E-state index is 0.312. The first-order valence-electron chi connectivity index (χ1n) is 8.52. The first-order chi connectivity index (χ1) is 10.1. The van der Waals surface area contributed by atoms with Crippen LogP contribution in [0.3, 0.4) is 0 Å². The highest BCUT2D eigenvalue weighted by molar-refractivity contribution is 5.29. The first kappa shape index (κ1) is 18.2. The van der Waals surface area contributed by atoms with Crippen molar-refractivity contribution in [1.82, 2.24) is 5.32 Å². The molecule has 1 N–H and O–H groups in total. The van der Waals surface area contributed by atoms with E-state index in [1.54, 1.807) is 0 Å². The predicted octanol–water partition coefficient (Wildman–Crippen LogP) is 4.42. The van der Waals surface area contributed by atoms with Crippen LogP contribution in [0.1, 0.15) is 56.7 Å². The topological polar surface area (TPSA) is 21.3 Å². The summed E-state index contributed by atoms with van der Waals surface area (Å²) in [4.78, 5) is 0. The van der Waals surface area contributed by atoms with Crippen molar-refractivity contribution in [2.45, 2.75) is 72.4 Å². The minimum Gasteiger partial charge on any atom is -0.377 e. The van der Waals surface area contributed by atoms with E-state index in [9.17, 15) is 0 Å². The summed E-state index contributed by atoms with van der Waals surface area (Å²) in [7, 11) is 0. The third-order valence-electron chi connectivity index (χ3n) is 3.80. The number of hydrogen-bond acceptors (Lipinski definition) is 2. The average molecular weight is 291 g/mol. The maximum absolute atomic E-state index is 6.01. The van der Waals surface area contributed by atoms with Gasteiger partial charge in [-0.15, -0.1) is 0 Å². The maximum atomic E-state index is 6.01. The van der Waals surface area contributed by atoms with Crippen LogP contribution in [-0.2, 0) is 11.2 Å². The highest BCUT2D eigenvalue weighted by Crippen LogP contribution is 2.16. The van der Waals surface area contributed by atoms with E-state index in [0.717, 1.165) is 32.4 Å². The van der Waals surface area contributed by atoms with Gasteiger partial charge in [-0.05, 0) is 52.1 Å². The van der Waals surface area contributed by atoms with Gasteiger partial charge in [-0.3, -0.25) is 0 Å². The Morgan fingerprint density at radius 3 is 2.19 bits per heavy atom. The Balaban J connectivity index is 2.84. The van der Waals surface area contributed by atoms with Gasteiger partial charge in [-0.1, -0.05) is 49.6 Å². The van der Waals surface area contributed by atoms with Crippen molar-refractivity contribution in [3.05, 3.63) is 34.9 Å². The van der Waals surface area contributed by atoms with E-state index in [1.165, 1.54) is 23.1 Å². The molecule has 0 saturated heterocycles. The van der Waals surface area contributed by atoms with Gasteiger partial charge in [0.05, 0.1) is 6.10 Å². The van der Waals surface area contributed by atoms with Gasteiger partial charge < -0.3 is 10.1 Å². The Labute approximate surface area is 131 Å². The molecule has 2 unspecified atom stereocenters. The monoisotopic (exact) mass is 291 g/mol. The average Bonchev–Trinajstić information content (AvgIpc) is 2.42. The lowest BCUT2D eigenvalue weighted by molar-refractivity contribution is 0.0282. The second-order valence-corrected chi connectivity index (χ2v) is 6.04. The summed E-state index contributed by atoms with van der Waals surface area (Å²) in [5, 5.41) is 3.70. The zero-order valence-corrected chi connectivity index (χ0v) is 14.5. The summed E-state index contributed by atoms with van der Waals surface area (Å²) in [6, 6.07) is 7.26. The summed E-state index contributed by atoms with van der Waals surface area (Å²) in [6.07, 6.45) is 4.82. The second kappa shape index (κ2) is 9.97. The lowest BCUT2D eigenvalue weighted by Crippen LogP contribution is -2.43. The molecule has 0 spiro atoms. The fraction of sp³-hybridized carbons (Fsp3) is 0.684. The number of ether oxygens (including phenoxy) is 1. The molecule has 120 valence electrons. The van der Waals surface area contributed by atoms with Crippen molar-refractivity contribution in [1.29, 1.82) is 0 Å². The van der Waals surface area contributed by atoms with Gasteiger partial charge in [-0.25, -0.2) is 0 Å². The molecule has 21 heavy (non-hydrogen) atoms. The summed E-state index contributed by atoms with van der Waals surface area (Å²) in [6.45, 7) is 12.8. The molecule has 0 aliphatic heterocycles.